The summed E-state index contributed by atoms with van der Waals surface area (Å²) in [5.74, 6) is 0.515. The maximum absolute atomic E-state index is 12.2. The van der Waals surface area contributed by atoms with Crippen LogP contribution in [0.5, 0.6) is 5.75 Å². The van der Waals surface area contributed by atoms with E-state index in [9.17, 15) is 4.79 Å². The third kappa shape index (κ3) is 2.92. The highest BCUT2D eigenvalue weighted by Gasteiger charge is 2.14. The molecule has 2 rings (SSSR count). The molecule has 92 valence electrons. The number of halogens is 1. The van der Waals surface area contributed by atoms with Crippen LogP contribution >= 0.6 is 15.9 Å². The van der Waals surface area contributed by atoms with Crippen molar-refractivity contribution in [2.45, 2.75) is 6.42 Å². The summed E-state index contributed by atoms with van der Waals surface area (Å²) >= 11 is 3.34. The van der Waals surface area contributed by atoms with Crippen molar-refractivity contribution < 1.29 is 9.53 Å². The molecule has 0 atom stereocenters. The second kappa shape index (κ2) is 5.73. The number of methoxy groups -OCH3 is 1. The Bertz CT molecular complexity index is 558. The number of ketones is 1. The summed E-state index contributed by atoms with van der Waals surface area (Å²) in [6.45, 7) is 0. The Balaban J connectivity index is 2.26. The smallest absolute Gasteiger partial charge is 0.172 e. The van der Waals surface area contributed by atoms with Crippen LogP contribution in [-0.2, 0) is 6.42 Å². The third-order valence-electron chi connectivity index (χ3n) is 2.42. The van der Waals surface area contributed by atoms with Gasteiger partial charge in [0.1, 0.15) is 5.75 Å². The van der Waals surface area contributed by atoms with Crippen LogP contribution in [0.1, 0.15) is 16.1 Å². The number of nitrogens with zero attached hydrogens (tertiary/aromatic N) is 2. The van der Waals surface area contributed by atoms with Crippen molar-refractivity contribution in [3.8, 4) is 5.75 Å². The first-order valence-corrected chi connectivity index (χ1v) is 6.11. The lowest BCUT2D eigenvalue weighted by Crippen LogP contribution is -2.07. The van der Waals surface area contributed by atoms with Gasteiger partial charge in [0.2, 0.25) is 0 Å². The van der Waals surface area contributed by atoms with Gasteiger partial charge in [-0.1, -0.05) is 15.9 Å². The Labute approximate surface area is 113 Å². The van der Waals surface area contributed by atoms with Crippen LogP contribution < -0.4 is 4.74 Å². The quantitative estimate of drug-likeness (QED) is 0.815. The number of hydrogen-bond acceptors (Lipinski definition) is 4. The zero-order valence-corrected chi connectivity index (χ0v) is 11.3. The van der Waals surface area contributed by atoms with Gasteiger partial charge in [-0.05, 0) is 18.2 Å². The maximum atomic E-state index is 12.2. The Hall–Kier alpha value is -1.75. The van der Waals surface area contributed by atoms with Crippen molar-refractivity contribution in [3.63, 3.8) is 0 Å². The second-order valence-electron chi connectivity index (χ2n) is 3.64. The molecular weight excluding hydrogens is 296 g/mol. The molecule has 0 aliphatic carbocycles. The fourth-order valence-corrected chi connectivity index (χ4v) is 1.94. The number of Topliss-reactive ketones (excluding diaryl/α,β-unsaturated/α-hetero) is 1. The molecule has 0 fully saturated rings. The first-order chi connectivity index (χ1) is 8.70. The molecule has 1 aromatic carbocycles. The summed E-state index contributed by atoms with van der Waals surface area (Å²) in [7, 11) is 1.54. The number of aromatic nitrogens is 2. The SMILES string of the molecule is COc1ccc(Br)cc1C(=O)Cc1cnccn1. The minimum atomic E-state index is -0.0475. The van der Waals surface area contributed by atoms with E-state index in [0.717, 1.165) is 4.47 Å². The minimum absolute atomic E-state index is 0.0475. The molecule has 0 N–H and O–H groups in total. The highest BCUT2D eigenvalue weighted by Crippen LogP contribution is 2.24. The van der Waals surface area contributed by atoms with E-state index < -0.39 is 0 Å². The van der Waals surface area contributed by atoms with E-state index >= 15 is 0 Å². The Morgan fingerprint density at radius 1 is 1.39 bits per heavy atom. The molecule has 1 heterocycles. The molecule has 0 unspecified atom stereocenters. The van der Waals surface area contributed by atoms with Gasteiger partial charge in [0.05, 0.1) is 24.8 Å². The maximum Gasteiger partial charge on any atom is 0.172 e. The van der Waals surface area contributed by atoms with Crippen molar-refractivity contribution in [2.24, 2.45) is 0 Å². The van der Waals surface area contributed by atoms with Crippen LogP contribution in [-0.4, -0.2) is 22.9 Å². The molecule has 0 saturated heterocycles. The molecule has 2 aromatic rings. The summed E-state index contributed by atoms with van der Waals surface area (Å²) < 4.78 is 6.02. The molecule has 1 aromatic heterocycles. The summed E-state index contributed by atoms with van der Waals surface area (Å²) in [5, 5.41) is 0. The van der Waals surface area contributed by atoms with Crippen LogP contribution in [0.2, 0.25) is 0 Å². The molecule has 5 heteroatoms. The van der Waals surface area contributed by atoms with Crippen molar-refractivity contribution in [1.29, 1.82) is 0 Å². The van der Waals surface area contributed by atoms with Gasteiger partial charge in [-0.3, -0.25) is 14.8 Å². The first-order valence-electron chi connectivity index (χ1n) is 5.32. The van der Waals surface area contributed by atoms with Crippen molar-refractivity contribution in [3.05, 3.63) is 52.5 Å². The summed E-state index contributed by atoms with van der Waals surface area (Å²) in [6.07, 6.45) is 4.94. The number of carbonyl (C=O) groups excluding carboxylic acids is 1. The van der Waals surface area contributed by atoms with E-state index in [2.05, 4.69) is 25.9 Å². The molecule has 0 amide bonds. The van der Waals surface area contributed by atoms with Crippen molar-refractivity contribution in [1.82, 2.24) is 9.97 Å². The lowest BCUT2D eigenvalue weighted by atomic mass is 10.1. The van der Waals surface area contributed by atoms with Crippen LogP contribution in [0.3, 0.4) is 0 Å². The second-order valence-corrected chi connectivity index (χ2v) is 4.56. The number of rotatable bonds is 4. The number of hydrogen-bond donors (Lipinski definition) is 0. The summed E-state index contributed by atoms with van der Waals surface area (Å²) in [4.78, 5) is 20.2. The van der Waals surface area contributed by atoms with E-state index in [4.69, 9.17) is 4.74 Å². The van der Waals surface area contributed by atoms with E-state index in [1.807, 2.05) is 6.07 Å². The Kier molecular flexibility index (Phi) is 4.04. The fourth-order valence-electron chi connectivity index (χ4n) is 1.58. The van der Waals surface area contributed by atoms with Gasteiger partial charge in [0.25, 0.3) is 0 Å². The monoisotopic (exact) mass is 306 g/mol. The van der Waals surface area contributed by atoms with Gasteiger partial charge in [-0.2, -0.15) is 0 Å². The molecule has 0 saturated carbocycles. The standard InChI is InChI=1S/C13H11BrN2O2/c1-18-13-3-2-9(14)6-11(13)12(17)7-10-8-15-4-5-16-10/h2-6,8H,7H2,1H3. The van der Waals surface area contributed by atoms with Crippen LogP contribution in [0.4, 0.5) is 0 Å². The number of ether oxygens (including phenoxy) is 1. The molecule has 0 radical (unpaired) electrons. The molecule has 0 bridgehead atoms. The highest BCUT2D eigenvalue weighted by atomic mass is 79.9. The topological polar surface area (TPSA) is 52.1 Å². The van der Waals surface area contributed by atoms with Gasteiger partial charge in [-0.15, -0.1) is 0 Å². The predicted molar refractivity (Wildman–Crippen MR) is 70.8 cm³/mol. The van der Waals surface area contributed by atoms with Crippen molar-refractivity contribution >= 4 is 21.7 Å². The average molecular weight is 307 g/mol. The van der Waals surface area contributed by atoms with Crippen LogP contribution in [0.25, 0.3) is 0 Å². The highest BCUT2D eigenvalue weighted by molar-refractivity contribution is 9.10. The molecule has 0 aliphatic rings. The van der Waals surface area contributed by atoms with Gasteiger partial charge in [-0.25, -0.2) is 0 Å². The largest absolute Gasteiger partial charge is 0.496 e. The average Bonchev–Trinajstić information content (AvgIpc) is 2.40. The summed E-state index contributed by atoms with van der Waals surface area (Å²) in [5.41, 5.74) is 1.18. The van der Waals surface area contributed by atoms with Gasteiger partial charge in [0, 0.05) is 23.1 Å². The van der Waals surface area contributed by atoms with Gasteiger partial charge < -0.3 is 4.74 Å². The predicted octanol–water partition coefficient (Wildman–Crippen LogP) is 2.67. The molecule has 0 aliphatic heterocycles. The van der Waals surface area contributed by atoms with Gasteiger partial charge >= 0.3 is 0 Å². The van der Waals surface area contributed by atoms with E-state index in [0.29, 0.717) is 17.0 Å². The molecule has 0 spiro atoms. The normalized spacial score (nSPS) is 10.1. The van der Waals surface area contributed by atoms with E-state index in [1.54, 1.807) is 37.8 Å². The molecule has 4 nitrogen and oxygen atoms in total. The zero-order chi connectivity index (χ0) is 13.0. The summed E-state index contributed by atoms with van der Waals surface area (Å²) in [6, 6.07) is 5.34. The third-order valence-corrected chi connectivity index (χ3v) is 2.91. The minimum Gasteiger partial charge on any atom is -0.496 e. The van der Waals surface area contributed by atoms with Gasteiger partial charge in [0.15, 0.2) is 5.78 Å². The van der Waals surface area contributed by atoms with Crippen LogP contribution in [0.15, 0.2) is 41.3 Å². The lowest BCUT2D eigenvalue weighted by Gasteiger charge is -2.07. The van der Waals surface area contributed by atoms with E-state index in [1.165, 1.54) is 0 Å². The number of benzene rings is 1. The zero-order valence-electron chi connectivity index (χ0n) is 9.76. The van der Waals surface area contributed by atoms with Crippen molar-refractivity contribution in [2.75, 3.05) is 7.11 Å². The Morgan fingerprint density at radius 2 is 2.22 bits per heavy atom. The first kappa shape index (κ1) is 12.7. The molecule has 18 heavy (non-hydrogen) atoms. The van der Waals surface area contributed by atoms with Crippen LogP contribution in [0, 0.1) is 0 Å². The molecular formula is C13H11BrN2O2. The number of carbonyl (C=O) groups is 1. The Morgan fingerprint density at radius 3 is 2.89 bits per heavy atom. The fraction of sp³-hybridized carbons (Fsp3) is 0.154. The lowest BCUT2D eigenvalue weighted by molar-refractivity contribution is 0.0989. The van der Waals surface area contributed by atoms with E-state index in [-0.39, 0.29) is 12.2 Å².